The molecule has 0 saturated carbocycles. The van der Waals surface area contributed by atoms with Gasteiger partial charge < -0.3 is 20.3 Å². The third-order valence-corrected chi connectivity index (χ3v) is 3.15. The molecule has 4 heteroatoms. The predicted octanol–water partition coefficient (Wildman–Crippen LogP) is 0.672. The number of hydrogen-bond donors (Lipinski definition) is 3. The SMILES string of the molecule is OCc1ccc(OCC2(O)CCNCC2)cc1. The van der Waals surface area contributed by atoms with Gasteiger partial charge in [0.2, 0.25) is 0 Å². The Hall–Kier alpha value is -1.10. The fourth-order valence-corrected chi connectivity index (χ4v) is 1.95. The van der Waals surface area contributed by atoms with Gasteiger partial charge in [-0.15, -0.1) is 0 Å². The average molecular weight is 237 g/mol. The van der Waals surface area contributed by atoms with Crippen molar-refractivity contribution in [1.29, 1.82) is 0 Å². The quantitative estimate of drug-likeness (QED) is 0.720. The zero-order valence-electron chi connectivity index (χ0n) is 9.85. The van der Waals surface area contributed by atoms with E-state index in [2.05, 4.69) is 5.32 Å². The third-order valence-electron chi connectivity index (χ3n) is 3.15. The molecular weight excluding hydrogens is 218 g/mol. The molecule has 1 saturated heterocycles. The van der Waals surface area contributed by atoms with Crippen molar-refractivity contribution in [3.63, 3.8) is 0 Å². The molecule has 3 N–H and O–H groups in total. The van der Waals surface area contributed by atoms with E-state index in [1.54, 1.807) is 0 Å². The normalized spacial score (nSPS) is 18.9. The minimum Gasteiger partial charge on any atom is -0.491 e. The average Bonchev–Trinajstić information content (AvgIpc) is 2.38. The Kier molecular flexibility index (Phi) is 3.99. The van der Waals surface area contributed by atoms with E-state index in [1.807, 2.05) is 24.3 Å². The molecule has 0 radical (unpaired) electrons. The van der Waals surface area contributed by atoms with E-state index >= 15 is 0 Å². The zero-order chi connectivity index (χ0) is 12.1. The first-order valence-corrected chi connectivity index (χ1v) is 5.98. The van der Waals surface area contributed by atoms with E-state index in [9.17, 15) is 5.11 Å². The Morgan fingerprint density at radius 1 is 1.18 bits per heavy atom. The predicted molar refractivity (Wildman–Crippen MR) is 64.9 cm³/mol. The summed E-state index contributed by atoms with van der Waals surface area (Å²) in [6.45, 7) is 2.04. The largest absolute Gasteiger partial charge is 0.491 e. The van der Waals surface area contributed by atoms with E-state index in [0.717, 1.165) is 37.2 Å². The fraction of sp³-hybridized carbons (Fsp3) is 0.538. The number of nitrogens with one attached hydrogen (secondary N) is 1. The molecule has 0 bridgehead atoms. The van der Waals surface area contributed by atoms with Crippen molar-refractivity contribution in [2.45, 2.75) is 25.0 Å². The van der Waals surface area contributed by atoms with Gasteiger partial charge >= 0.3 is 0 Å². The molecule has 0 unspecified atom stereocenters. The molecule has 0 aliphatic carbocycles. The summed E-state index contributed by atoms with van der Waals surface area (Å²) in [4.78, 5) is 0. The number of ether oxygens (including phenoxy) is 1. The van der Waals surface area contributed by atoms with E-state index in [1.165, 1.54) is 0 Å². The first kappa shape index (κ1) is 12.4. The molecule has 1 aliphatic rings. The summed E-state index contributed by atoms with van der Waals surface area (Å²) in [6, 6.07) is 7.27. The molecule has 1 aliphatic heterocycles. The fourth-order valence-electron chi connectivity index (χ4n) is 1.95. The van der Waals surface area contributed by atoms with Crippen molar-refractivity contribution in [3.8, 4) is 5.75 Å². The highest BCUT2D eigenvalue weighted by atomic mass is 16.5. The topological polar surface area (TPSA) is 61.7 Å². The summed E-state index contributed by atoms with van der Waals surface area (Å²) in [5, 5.41) is 22.4. The Morgan fingerprint density at radius 3 is 2.41 bits per heavy atom. The first-order valence-electron chi connectivity index (χ1n) is 5.98. The molecule has 2 rings (SSSR count). The van der Waals surface area contributed by atoms with Gasteiger partial charge in [0.15, 0.2) is 0 Å². The summed E-state index contributed by atoms with van der Waals surface area (Å²) in [5.41, 5.74) is 0.152. The second-order valence-electron chi connectivity index (χ2n) is 4.57. The van der Waals surface area contributed by atoms with Crippen LogP contribution in [0.1, 0.15) is 18.4 Å². The van der Waals surface area contributed by atoms with Crippen LogP contribution in [0.4, 0.5) is 0 Å². The summed E-state index contributed by atoms with van der Waals surface area (Å²) in [7, 11) is 0. The van der Waals surface area contributed by atoms with Crippen LogP contribution >= 0.6 is 0 Å². The smallest absolute Gasteiger partial charge is 0.119 e. The molecule has 1 aromatic carbocycles. The molecule has 0 spiro atoms. The van der Waals surface area contributed by atoms with E-state index in [-0.39, 0.29) is 6.61 Å². The van der Waals surface area contributed by atoms with Gasteiger partial charge in [-0.1, -0.05) is 12.1 Å². The van der Waals surface area contributed by atoms with E-state index in [4.69, 9.17) is 9.84 Å². The van der Waals surface area contributed by atoms with Gasteiger partial charge in [0.25, 0.3) is 0 Å². The molecule has 4 nitrogen and oxygen atoms in total. The molecule has 0 amide bonds. The van der Waals surface area contributed by atoms with Crippen LogP contribution in [-0.4, -0.2) is 35.5 Å². The first-order chi connectivity index (χ1) is 8.22. The van der Waals surface area contributed by atoms with Crippen LogP contribution in [0, 0.1) is 0 Å². The highest BCUT2D eigenvalue weighted by Gasteiger charge is 2.29. The molecule has 17 heavy (non-hydrogen) atoms. The summed E-state index contributed by atoms with van der Waals surface area (Å²) < 4.78 is 5.59. The monoisotopic (exact) mass is 237 g/mol. The number of rotatable bonds is 4. The third kappa shape index (κ3) is 3.43. The molecule has 1 aromatic rings. The number of hydrogen-bond acceptors (Lipinski definition) is 4. The van der Waals surface area contributed by atoms with Gasteiger partial charge in [0.1, 0.15) is 18.0 Å². The van der Waals surface area contributed by atoms with Gasteiger partial charge in [-0.3, -0.25) is 0 Å². The lowest BCUT2D eigenvalue weighted by Crippen LogP contribution is -2.45. The maximum absolute atomic E-state index is 10.2. The minimum absolute atomic E-state index is 0.0376. The van der Waals surface area contributed by atoms with Gasteiger partial charge in [-0.2, -0.15) is 0 Å². The zero-order valence-corrected chi connectivity index (χ0v) is 9.85. The summed E-state index contributed by atoms with van der Waals surface area (Å²) in [5.74, 6) is 0.731. The number of piperidine rings is 1. The van der Waals surface area contributed by atoms with Crippen molar-refractivity contribution in [3.05, 3.63) is 29.8 Å². The van der Waals surface area contributed by atoms with Gasteiger partial charge in [-0.25, -0.2) is 0 Å². The highest BCUT2D eigenvalue weighted by molar-refractivity contribution is 5.26. The highest BCUT2D eigenvalue weighted by Crippen LogP contribution is 2.20. The maximum atomic E-state index is 10.2. The van der Waals surface area contributed by atoms with E-state index < -0.39 is 5.60 Å². The molecular formula is C13H19NO3. The Balaban J connectivity index is 1.87. The van der Waals surface area contributed by atoms with Gasteiger partial charge in [0, 0.05) is 0 Å². The van der Waals surface area contributed by atoms with E-state index in [0.29, 0.717) is 6.61 Å². The number of benzene rings is 1. The molecule has 94 valence electrons. The maximum Gasteiger partial charge on any atom is 0.119 e. The molecule has 1 fully saturated rings. The second kappa shape index (κ2) is 5.49. The van der Waals surface area contributed by atoms with Crippen LogP contribution < -0.4 is 10.1 Å². The summed E-state index contributed by atoms with van der Waals surface area (Å²) in [6.07, 6.45) is 1.45. The van der Waals surface area contributed by atoms with Crippen LogP contribution in [0.2, 0.25) is 0 Å². The van der Waals surface area contributed by atoms with Crippen LogP contribution in [0.15, 0.2) is 24.3 Å². The molecule has 0 aromatic heterocycles. The van der Waals surface area contributed by atoms with Crippen LogP contribution in [-0.2, 0) is 6.61 Å². The van der Waals surface area contributed by atoms with Crippen LogP contribution in [0.3, 0.4) is 0 Å². The van der Waals surface area contributed by atoms with Crippen molar-refractivity contribution < 1.29 is 14.9 Å². The van der Waals surface area contributed by atoms with Crippen molar-refractivity contribution in [2.75, 3.05) is 19.7 Å². The van der Waals surface area contributed by atoms with Gasteiger partial charge in [-0.05, 0) is 43.6 Å². The lowest BCUT2D eigenvalue weighted by atomic mass is 9.93. The van der Waals surface area contributed by atoms with Crippen molar-refractivity contribution in [2.24, 2.45) is 0 Å². The lowest BCUT2D eigenvalue weighted by Gasteiger charge is -2.32. The van der Waals surface area contributed by atoms with Gasteiger partial charge in [0.05, 0.1) is 6.61 Å². The lowest BCUT2D eigenvalue weighted by molar-refractivity contribution is -0.0286. The molecule has 1 heterocycles. The number of aliphatic hydroxyl groups excluding tert-OH is 1. The Labute approximate surface area is 101 Å². The summed E-state index contributed by atoms with van der Waals surface area (Å²) >= 11 is 0. The number of aliphatic hydroxyl groups is 2. The molecule has 0 atom stereocenters. The standard InChI is InChI=1S/C13H19NO3/c15-9-11-1-3-12(4-2-11)17-10-13(16)5-7-14-8-6-13/h1-4,14-16H,5-10H2. The Morgan fingerprint density at radius 2 is 1.82 bits per heavy atom. The van der Waals surface area contributed by atoms with Crippen molar-refractivity contribution >= 4 is 0 Å². The Bertz CT molecular complexity index is 344. The minimum atomic E-state index is -0.707. The van der Waals surface area contributed by atoms with Crippen LogP contribution in [0.25, 0.3) is 0 Å². The second-order valence-corrected chi connectivity index (χ2v) is 4.57. The van der Waals surface area contributed by atoms with Crippen LogP contribution in [0.5, 0.6) is 5.75 Å². The van der Waals surface area contributed by atoms with Crippen molar-refractivity contribution in [1.82, 2.24) is 5.32 Å².